The average molecular weight is 362 g/mol. The number of likely N-dealkylation sites (tertiary alicyclic amines) is 1. The van der Waals surface area contributed by atoms with Crippen molar-refractivity contribution in [3.63, 3.8) is 0 Å². The van der Waals surface area contributed by atoms with E-state index in [0.717, 1.165) is 37.7 Å². The Balaban J connectivity index is 1.63. The molecule has 2 saturated heterocycles. The number of ether oxygens (including phenoxy) is 1. The number of guanidine groups is 1. The van der Waals surface area contributed by atoms with Crippen molar-refractivity contribution in [2.45, 2.75) is 44.9 Å². The van der Waals surface area contributed by atoms with E-state index < -0.39 is 0 Å². The summed E-state index contributed by atoms with van der Waals surface area (Å²) in [6.07, 6.45) is 2.54. The van der Waals surface area contributed by atoms with Crippen LogP contribution in [0.25, 0.3) is 0 Å². The monoisotopic (exact) mass is 362 g/mol. The zero-order valence-electron chi connectivity index (χ0n) is 16.1. The first-order valence-electron chi connectivity index (χ1n) is 9.71. The minimum atomic E-state index is -0.219. The summed E-state index contributed by atoms with van der Waals surface area (Å²) in [5.41, 5.74) is 1.01. The van der Waals surface area contributed by atoms with Crippen LogP contribution in [-0.4, -0.2) is 67.7 Å². The first-order valence-corrected chi connectivity index (χ1v) is 9.71. The fourth-order valence-corrected chi connectivity index (χ4v) is 4.07. The van der Waals surface area contributed by atoms with Crippen LogP contribution >= 0.6 is 0 Å². The predicted octanol–water partition coefficient (Wildman–Crippen LogP) is 2.65. The maximum atomic E-state index is 13.2. The summed E-state index contributed by atoms with van der Waals surface area (Å²) in [4.78, 5) is 9.29. The van der Waals surface area contributed by atoms with Crippen molar-refractivity contribution in [1.29, 1.82) is 0 Å². The maximum absolute atomic E-state index is 13.2. The SMILES string of the molecule is CCN1CCCC1CNC(=NC)N1CC(C)OC(c2ccc(F)cc2)C1. The van der Waals surface area contributed by atoms with E-state index in [1.807, 2.05) is 19.2 Å². The molecule has 6 heteroatoms. The number of nitrogens with one attached hydrogen (secondary N) is 1. The molecule has 0 spiro atoms. The molecular weight excluding hydrogens is 331 g/mol. The Kier molecular flexibility index (Phi) is 6.48. The third-order valence-electron chi connectivity index (χ3n) is 5.41. The highest BCUT2D eigenvalue weighted by molar-refractivity contribution is 5.80. The Morgan fingerprint density at radius 2 is 2.08 bits per heavy atom. The second kappa shape index (κ2) is 8.82. The molecule has 3 rings (SSSR count). The van der Waals surface area contributed by atoms with Crippen molar-refractivity contribution < 1.29 is 9.13 Å². The number of nitrogens with zero attached hydrogens (tertiary/aromatic N) is 3. The summed E-state index contributed by atoms with van der Waals surface area (Å²) in [6.45, 7) is 9.05. The van der Waals surface area contributed by atoms with Crippen LogP contribution < -0.4 is 5.32 Å². The third kappa shape index (κ3) is 4.54. The fraction of sp³-hybridized carbons (Fsp3) is 0.650. The lowest BCUT2D eigenvalue weighted by Gasteiger charge is -2.39. The van der Waals surface area contributed by atoms with Crippen LogP contribution in [0.5, 0.6) is 0 Å². The van der Waals surface area contributed by atoms with Crippen molar-refractivity contribution in [1.82, 2.24) is 15.1 Å². The summed E-state index contributed by atoms with van der Waals surface area (Å²) in [5, 5.41) is 3.57. The largest absolute Gasteiger partial charge is 0.367 e. The van der Waals surface area contributed by atoms with Gasteiger partial charge in [-0.3, -0.25) is 9.89 Å². The Morgan fingerprint density at radius 3 is 2.77 bits per heavy atom. The van der Waals surface area contributed by atoms with Gasteiger partial charge in [0.2, 0.25) is 0 Å². The van der Waals surface area contributed by atoms with Crippen LogP contribution in [0.2, 0.25) is 0 Å². The lowest BCUT2D eigenvalue weighted by atomic mass is 10.1. The highest BCUT2D eigenvalue weighted by atomic mass is 19.1. The zero-order chi connectivity index (χ0) is 18.5. The summed E-state index contributed by atoms with van der Waals surface area (Å²) >= 11 is 0. The van der Waals surface area contributed by atoms with E-state index in [0.29, 0.717) is 6.04 Å². The van der Waals surface area contributed by atoms with E-state index in [9.17, 15) is 4.39 Å². The Bertz CT molecular complexity index is 606. The fourth-order valence-electron chi connectivity index (χ4n) is 4.07. The van der Waals surface area contributed by atoms with Gasteiger partial charge in [0, 0.05) is 26.2 Å². The van der Waals surface area contributed by atoms with E-state index in [1.54, 1.807) is 0 Å². The second-order valence-electron chi connectivity index (χ2n) is 7.24. The first kappa shape index (κ1) is 19.1. The Labute approximate surface area is 156 Å². The van der Waals surface area contributed by atoms with Crippen LogP contribution in [0.1, 0.15) is 38.4 Å². The van der Waals surface area contributed by atoms with Crippen molar-refractivity contribution in [3.05, 3.63) is 35.6 Å². The predicted molar refractivity (Wildman–Crippen MR) is 103 cm³/mol. The number of hydrogen-bond donors (Lipinski definition) is 1. The molecule has 2 heterocycles. The zero-order valence-corrected chi connectivity index (χ0v) is 16.1. The molecule has 3 unspecified atom stereocenters. The highest BCUT2D eigenvalue weighted by Crippen LogP contribution is 2.25. The summed E-state index contributed by atoms with van der Waals surface area (Å²) in [7, 11) is 1.83. The molecule has 0 saturated carbocycles. The molecule has 0 bridgehead atoms. The van der Waals surface area contributed by atoms with Crippen molar-refractivity contribution >= 4 is 5.96 Å². The Hall–Kier alpha value is -1.66. The molecule has 1 N–H and O–H groups in total. The summed E-state index contributed by atoms with van der Waals surface area (Å²) in [6, 6.07) is 7.20. The van der Waals surface area contributed by atoms with Crippen LogP contribution in [0.3, 0.4) is 0 Å². The van der Waals surface area contributed by atoms with Gasteiger partial charge in [0.05, 0.1) is 12.6 Å². The maximum Gasteiger partial charge on any atom is 0.193 e. The summed E-state index contributed by atoms with van der Waals surface area (Å²) < 4.78 is 19.3. The molecule has 0 aromatic heterocycles. The number of aliphatic imine (C=N–C) groups is 1. The molecule has 0 radical (unpaired) electrons. The van der Waals surface area contributed by atoms with Gasteiger partial charge in [-0.1, -0.05) is 19.1 Å². The lowest BCUT2D eigenvalue weighted by molar-refractivity contribution is -0.0605. The van der Waals surface area contributed by atoms with Crippen LogP contribution in [0, 0.1) is 5.82 Å². The molecular formula is C20H31FN4O. The number of halogens is 1. The Morgan fingerprint density at radius 1 is 1.31 bits per heavy atom. The van der Waals surface area contributed by atoms with Crippen molar-refractivity contribution in [2.24, 2.45) is 4.99 Å². The van der Waals surface area contributed by atoms with Crippen LogP contribution in [-0.2, 0) is 4.74 Å². The second-order valence-corrected chi connectivity index (χ2v) is 7.24. The molecule has 144 valence electrons. The van der Waals surface area contributed by atoms with Crippen LogP contribution in [0.4, 0.5) is 4.39 Å². The summed E-state index contributed by atoms with van der Waals surface area (Å²) in [5.74, 6) is 0.708. The molecule has 1 aromatic rings. The molecule has 26 heavy (non-hydrogen) atoms. The highest BCUT2D eigenvalue weighted by Gasteiger charge is 2.29. The van der Waals surface area contributed by atoms with E-state index >= 15 is 0 Å². The molecule has 0 aliphatic carbocycles. The minimum Gasteiger partial charge on any atom is -0.367 e. The van der Waals surface area contributed by atoms with Crippen molar-refractivity contribution in [3.8, 4) is 0 Å². The van der Waals surface area contributed by atoms with Gasteiger partial charge in [-0.25, -0.2) is 4.39 Å². The van der Waals surface area contributed by atoms with Gasteiger partial charge in [0.25, 0.3) is 0 Å². The van der Waals surface area contributed by atoms with Gasteiger partial charge in [-0.15, -0.1) is 0 Å². The van der Waals surface area contributed by atoms with Gasteiger partial charge < -0.3 is 15.0 Å². The number of likely N-dealkylation sites (N-methyl/N-ethyl adjacent to an activating group) is 1. The molecule has 2 fully saturated rings. The average Bonchev–Trinajstić information content (AvgIpc) is 3.10. The van der Waals surface area contributed by atoms with E-state index in [-0.39, 0.29) is 18.0 Å². The first-order chi connectivity index (χ1) is 12.6. The van der Waals surface area contributed by atoms with E-state index in [4.69, 9.17) is 4.74 Å². The molecule has 5 nitrogen and oxygen atoms in total. The number of morpholine rings is 1. The van der Waals surface area contributed by atoms with Gasteiger partial charge >= 0.3 is 0 Å². The van der Waals surface area contributed by atoms with Gasteiger partial charge in [-0.05, 0) is 50.6 Å². The molecule has 2 aliphatic rings. The quantitative estimate of drug-likeness (QED) is 0.660. The number of benzene rings is 1. The molecule has 1 aromatic carbocycles. The minimum absolute atomic E-state index is 0.0727. The molecule has 3 atom stereocenters. The van der Waals surface area contributed by atoms with Gasteiger partial charge in [-0.2, -0.15) is 0 Å². The third-order valence-corrected chi connectivity index (χ3v) is 5.41. The standard InChI is InChI=1S/C20H31FN4O/c1-4-24-11-5-6-18(24)12-23-20(22-3)25-13-15(2)26-19(14-25)16-7-9-17(21)10-8-16/h7-10,15,18-19H,4-6,11-14H2,1-3H3,(H,22,23). The van der Waals surface area contributed by atoms with Crippen molar-refractivity contribution in [2.75, 3.05) is 39.8 Å². The molecule has 2 aliphatic heterocycles. The van der Waals surface area contributed by atoms with E-state index in [1.165, 1.54) is 31.5 Å². The normalized spacial score (nSPS) is 27.8. The lowest BCUT2D eigenvalue weighted by Crippen LogP contribution is -2.52. The number of rotatable bonds is 4. The van der Waals surface area contributed by atoms with Gasteiger partial charge in [0.15, 0.2) is 5.96 Å². The molecule has 0 amide bonds. The van der Waals surface area contributed by atoms with E-state index in [2.05, 4.69) is 34.0 Å². The number of hydrogen-bond acceptors (Lipinski definition) is 3. The van der Waals surface area contributed by atoms with Gasteiger partial charge in [0.1, 0.15) is 11.9 Å². The topological polar surface area (TPSA) is 40.1 Å². The van der Waals surface area contributed by atoms with Crippen LogP contribution in [0.15, 0.2) is 29.3 Å². The smallest absolute Gasteiger partial charge is 0.193 e.